The Bertz CT molecular complexity index is 764. The summed E-state index contributed by atoms with van der Waals surface area (Å²) in [6.07, 6.45) is -5.68. The van der Waals surface area contributed by atoms with Crippen molar-refractivity contribution in [2.24, 2.45) is 0 Å². The molecule has 0 amide bonds. The topological polar surface area (TPSA) is 192 Å². The van der Waals surface area contributed by atoms with Crippen LogP contribution in [0.25, 0.3) is 0 Å². The number of ether oxygens (including phenoxy) is 9. The number of carbonyl (C=O) groups excluding carboxylic acids is 4. The first-order chi connectivity index (χ1) is 17.5. The quantitative estimate of drug-likeness (QED) is 0.116. The number of aliphatic hydroxyl groups is 2. The van der Waals surface area contributed by atoms with Gasteiger partial charge < -0.3 is 52.8 Å². The molecule has 15 nitrogen and oxygen atoms in total. The molecule has 0 spiro atoms. The molecule has 1 aliphatic rings. The van der Waals surface area contributed by atoms with Crippen LogP contribution in [0.5, 0.6) is 0 Å². The number of rotatable bonds is 16. The molecular weight excluding hydrogens is 572 g/mol. The molecule has 0 saturated carbocycles. The lowest BCUT2D eigenvalue weighted by molar-refractivity contribution is -0.345. The van der Waals surface area contributed by atoms with Gasteiger partial charge in [0.15, 0.2) is 6.10 Å². The van der Waals surface area contributed by atoms with Crippen LogP contribution in [-0.4, -0.2) is 131 Å². The van der Waals surface area contributed by atoms with Gasteiger partial charge in [0, 0.05) is 35.0 Å². The van der Waals surface area contributed by atoms with E-state index in [1.54, 1.807) is 0 Å². The highest BCUT2D eigenvalue weighted by molar-refractivity contribution is 9.10. The van der Waals surface area contributed by atoms with Crippen molar-refractivity contribution >= 4 is 39.8 Å². The molecule has 1 heterocycles. The first kappa shape index (κ1) is 33.1. The van der Waals surface area contributed by atoms with Gasteiger partial charge in [-0.25, -0.2) is 19.2 Å². The van der Waals surface area contributed by atoms with Crippen molar-refractivity contribution in [1.29, 1.82) is 0 Å². The van der Waals surface area contributed by atoms with E-state index in [4.69, 9.17) is 42.6 Å². The van der Waals surface area contributed by atoms with Gasteiger partial charge >= 0.3 is 23.9 Å². The molecule has 1 saturated heterocycles. The molecule has 16 heteroatoms. The Hall–Kier alpha value is -1.92. The Morgan fingerprint density at radius 1 is 0.838 bits per heavy atom. The van der Waals surface area contributed by atoms with Gasteiger partial charge in [-0.05, 0) is 28.8 Å². The smallest absolute Gasteiger partial charge is 0.333 e. The maximum absolute atomic E-state index is 12.6. The maximum atomic E-state index is 12.6. The monoisotopic (exact) mass is 604 g/mol. The lowest BCUT2D eigenvalue weighted by Gasteiger charge is -2.54. The molecule has 0 aromatic carbocycles. The zero-order valence-corrected chi connectivity index (χ0v) is 22.6. The first-order valence-electron chi connectivity index (χ1n) is 10.9. The molecule has 1 fully saturated rings. The molecule has 0 aromatic heterocycles. The lowest BCUT2D eigenvalue weighted by atomic mass is 9.82. The number of aliphatic hydroxyl groups excluding tert-OH is 2. The van der Waals surface area contributed by atoms with Gasteiger partial charge in [0.2, 0.25) is 16.4 Å². The van der Waals surface area contributed by atoms with Gasteiger partial charge in [-0.3, -0.25) is 0 Å². The average molecular weight is 605 g/mol. The molecule has 1 aliphatic heterocycles. The Kier molecular flexibility index (Phi) is 14.4. The first-order valence-corrected chi connectivity index (χ1v) is 11.7. The third kappa shape index (κ3) is 8.81. The van der Waals surface area contributed by atoms with Crippen molar-refractivity contribution in [2.45, 2.75) is 41.5 Å². The fourth-order valence-electron chi connectivity index (χ4n) is 3.52. The molecule has 0 bridgehead atoms. The summed E-state index contributed by atoms with van der Waals surface area (Å²) in [5.41, 5.74) is -2.31. The van der Waals surface area contributed by atoms with Crippen molar-refractivity contribution < 1.29 is 72.0 Å². The molecule has 214 valence electrons. The van der Waals surface area contributed by atoms with E-state index in [1.807, 2.05) is 0 Å². The van der Waals surface area contributed by atoms with Crippen molar-refractivity contribution in [3.8, 4) is 0 Å². The second-order valence-corrected chi connectivity index (χ2v) is 8.84. The van der Waals surface area contributed by atoms with Crippen LogP contribution < -0.4 is 0 Å². The van der Waals surface area contributed by atoms with Crippen LogP contribution in [0.3, 0.4) is 0 Å². The Balaban J connectivity index is 3.68. The van der Waals surface area contributed by atoms with Crippen molar-refractivity contribution in [1.82, 2.24) is 0 Å². The lowest BCUT2D eigenvalue weighted by Crippen LogP contribution is -2.75. The van der Waals surface area contributed by atoms with E-state index in [0.29, 0.717) is 0 Å². The number of hydrogen-bond acceptors (Lipinski definition) is 15. The molecule has 1 rings (SSSR count). The summed E-state index contributed by atoms with van der Waals surface area (Å²) in [5.74, 6) is -3.82. The highest BCUT2D eigenvalue weighted by Gasteiger charge is 2.71. The third-order valence-electron chi connectivity index (χ3n) is 4.96. The van der Waals surface area contributed by atoms with E-state index in [0.717, 1.165) is 0 Å². The predicted octanol–water partition coefficient (Wildman–Crippen LogP) is -1.57. The Morgan fingerprint density at radius 3 is 1.89 bits per heavy atom. The molecular formula is C21H33BrO15. The minimum absolute atomic E-state index is 0.0951. The molecule has 0 aliphatic carbocycles. The largest absolute Gasteiger partial charge is 0.461 e. The summed E-state index contributed by atoms with van der Waals surface area (Å²) in [5, 5.41) is 20.6. The van der Waals surface area contributed by atoms with Crippen LogP contribution in [0.1, 0.15) is 12.8 Å². The van der Waals surface area contributed by atoms with Gasteiger partial charge in [-0.2, -0.15) is 0 Å². The fourth-order valence-corrected chi connectivity index (χ4v) is 4.56. The highest BCUT2D eigenvalue weighted by atomic mass is 79.9. The minimum Gasteiger partial charge on any atom is -0.461 e. The fraction of sp³-hybridized carbons (Fsp3) is 0.810. The third-order valence-corrected chi connectivity index (χ3v) is 6.25. The zero-order chi connectivity index (χ0) is 28.1. The normalized spacial score (nSPS) is 27.3. The van der Waals surface area contributed by atoms with Gasteiger partial charge in [0.05, 0.1) is 0 Å². The number of carbonyl (C=O) groups is 4. The predicted molar refractivity (Wildman–Crippen MR) is 122 cm³/mol. The van der Waals surface area contributed by atoms with E-state index in [1.165, 1.54) is 28.4 Å². The van der Waals surface area contributed by atoms with Crippen LogP contribution in [0.2, 0.25) is 0 Å². The van der Waals surface area contributed by atoms with E-state index in [-0.39, 0.29) is 12.8 Å². The summed E-state index contributed by atoms with van der Waals surface area (Å²) >= 11 is 3.24. The number of methoxy groups -OCH3 is 4. The molecule has 0 aromatic rings. The Morgan fingerprint density at radius 2 is 1.35 bits per heavy atom. The molecule has 0 unspecified atom stereocenters. The van der Waals surface area contributed by atoms with Gasteiger partial charge in [-0.15, -0.1) is 0 Å². The van der Waals surface area contributed by atoms with Gasteiger partial charge in [-0.1, -0.05) is 0 Å². The molecule has 2 N–H and O–H groups in total. The number of hydrogen-bond donors (Lipinski definition) is 2. The maximum Gasteiger partial charge on any atom is 0.333 e. The van der Waals surface area contributed by atoms with Crippen molar-refractivity contribution in [2.75, 3.05) is 68.1 Å². The van der Waals surface area contributed by atoms with Crippen LogP contribution in [-0.2, 0) is 61.8 Å². The summed E-state index contributed by atoms with van der Waals surface area (Å²) < 4.78 is 44.0. The molecule has 5 atom stereocenters. The standard InChI is InChI=1S/C21H33BrO15/c1-29-9-14(24)33-8-13-18(35-15(25)10-30-2)21(22,37-17(27)12-32-4)20(6-5-7-23,19(28)34-13)36-16(26)11-31-3/h13,18-19,23,28H,5-12H2,1-4H3/t13-,18+,19+,20-,21+/m1/s1. The van der Waals surface area contributed by atoms with E-state index in [9.17, 15) is 29.4 Å². The number of halogens is 1. The summed E-state index contributed by atoms with van der Waals surface area (Å²) in [6.45, 7) is -3.16. The zero-order valence-electron chi connectivity index (χ0n) is 21.0. The second kappa shape index (κ2) is 16.1. The van der Waals surface area contributed by atoms with Crippen molar-refractivity contribution in [3.05, 3.63) is 0 Å². The minimum atomic E-state index is -2.35. The van der Waals surface area contributed by atoms with Crippen LogP contribution in [0.15, 0.2) is 0 Å². The van der Waals surface area contributed by atoms with Gasteiger partial charge in [0.1, 0.15) is 39.1 Å². The van der Waals surface area contributed by atoms with E-state index < -0.39 is 92.1 Å². The van der Waals surface area contributed by atoms with Crippen molar-refractivity contribution in [3.63, 3.8) is 0 Å². The second-order valence-electron chi connectivity index (χ2n) is 7.66. The Labute approximate surface area is 221 Å². The van der Waals surface area contributed by atoms with Crippen LogP contribution in [0.4, 0.5) is 0 Å². The summed E-state index contributed by atoms with van der Waals surface area (Å²) in [7, 11) is 4.92. The summed E-state index contributed by atoms with van der Waals surface area (Å²) in [6, 6.07) is 0. The van der Waals surface area contributed by atoms with E-state index >= 15 is 0 Å². The number of alkyl halides is 1. The molecule has 37 heavy (non-hydrogen) atoms. The summed E-state index contributed by atoms with van der Waals surface area (Å²) in [4.78, 5) is 49.6. The average Bonchev–Trinajstić information content (AvgIpc) is 2.82. The number of esters is 4. The SMILES string of the molecule is COCC(=O)OC[C@H]1O[C@H](O)[C@@](CCCO)(OC(=O)COC)[C@@](Br)(OC(=O)COC)[C@H]1OC(=O)COC. The molecule has 0 radical (unpaired) electrons. The van der Waals surface area contributed by atoms with Gasteiger partial charge in [0.25, 0.3) is 0 Å². The van der Waals surface area contributed by atoms with E-state index in [2.05, 4.69) is 15.9 Å². The van der Waals surface area contributed by atoms with Crippen LogP contribution >= 0.6 is 15.9 Å². The van der Waals surface area contributed by atoms with Crippen LogP contribution in [0, 0.1) is 0 Å². The highest BCUT2D eigenvalue weighted by Crippen LogP contribution is 2.51.